The van der Waals surface area contributed by atoms with Gasteiger partial charge in [-0.05, 0) is 25.2 Å². The highest BCUT2D eigenvalue weighted by atomic mass is 32.1. The third-order valence-corrected chi connectivity index (χ3v) is 2.58. The summed E-state index contributed by atoms with van der Waals surface area (Å²) in [6.07, 6.45) is 1.45. The van der Waals surface area contributed by atoms with Crippen molar-refractivity contribution in [1.29, 1.82) is 0 Å². The number of hydrogen-bond acceptors (Lipinski definition) is 4. The lowest BCUT2D eigenvalue weighted by Crippen LogP contribution is -2.02. The second-order valence-electron chi connectivity index (χ2n) is 3.52. The zero-order valence-electron chi connectivity index (χ0n) is 9.49. The number of rotatable bonds is 3. The molecule has 0 fully saturated rings. The van der Waals surface area contributed by atoms with Crippen molar-refractivity contribution >= 4 is 24.4 Å². The van der Waals surface area contributed by atoms with E-state index < -0.39 is 5.97 Å². The van der Waals surface area contributed by atoms with Crippen molar-refractivity contribution < 1.29 is 9.90 Å². The second kappa shape index (κ2) is 4.92. The number of aromatic carboxylic acids is 1. The second-order valence-corrected chi connectivity index (χ2v) is 3.91. The molecular formula is C11H10N4O2S. The SMILES string of the molecule is Cc1n[nH]c(=S)n1/N=C/c1ccccc1C(=O)O. The average molecular weight is 262 g/mol. The van der Waals surface area contributed by atoms with E-state index in [1.165, 1.54) is 17.0 Å². The molecule has 0 spiro atoms. The predicted molar refractivity (Wildman–Crippen MR) is 68.5 cm³/mol. The molecule has 0 bridgehead atoms. The normalized spacial score (nSPS) is 10.9. The van der Waals surface area contributed by atoms with Crippen LogP contribution < -0.4 is 0 Å². The summed E-state index contributed by atoms with van der Waals surface area (Å²) in [5, 5.41) is 19.6. The fraction of sp³-hybridized carbons (Fsp3) is 0.0909. The number of aryl methyl sites for hydroxylation is 1. The molecule has 2 N–H and O–H groups in total. The van der Waals surface area contributed by atoms with E-state index in [2.05, 4.69) is 15.3 Å². The van der Waals surface area contributed by atoms with Crippen LogP contribution in [-0.4, -0.2) is 32.2 Å². The van der Waals surface area contributed by atoms with Crippen molar-refractivity contribution in [2.75, 3.05) is 0 Å². The maximum atomic E-state index is 11.0. The Morgan fingerprint density at radius 3 is 2.89 bits per heavy atom. The molecule has 0 saturated heterocycles. The maximum Gasteiger partial charge on any atom is 0.336 e. The van der Waals surface area contributed by atoms with Gasteiger partial charge in [-0.2, -0.15) is 14.9 Å². The van der Waals surface area contributed by atoms with Crippen LogP contribution in [0.25, 0.3) is 0 Å². The van der Waals surface area contributed by atoms with Crippen LogP contribution in [0.2, 0.25) is 0 Å². The van der Waals surface area contributed by atoms with Crippen molar-refractivity contribution in [3.05, 3.63) is 46.0 Å². The number of nitrogens with one attached hydrogen (secondary N) is 1. The van der Waals surface area contributed by atoms with Crippen LogP contribution in [0.3, 0.4) is 0 Å². The van der Waals surface area contributed by atoms with Crippen LogP contribution in [0.4, 0.5) is 0 Å². The molecular weight excluding hydrogens is 252 g/mol. The molecule has 0 aliphatic carbocycles. The van der Waals surface area contributed by atoms with Gasteiger partial charge in [-0.25, -0.2) is 4.79 Å². The summed E-state index contributed by atoms with van der Waals surface area (Å²) in [6, 6.07) is 6.60. The monoisotopic (exact) mass is 262 g/mol. The number of benzene rings is 1. The van der Waals surface area contributed by atoms with Crippen LogP contribution >= 0.6 is 12.2 Å². The average Bonchev–Trinajstić information content (AvgIpc) is 2.67. The minimum Gasteiger partial charge on any atom is -0.478 e. The first-order valence-electron chi connectivity index (χ1n) is 5.10. The highest BCUT2D eigenvalue weighted by Gasteiger charge is 2.07. The van der Waals surface area contributed by atoms with Crippen molar-refractivity contribution in [1.82, 2.24) is 14.9 Å². The minimum absolute atomic E-state index is 0.189. The maximum absolute atomic E-state index is 11.0. The minimum atomic E-state index is -0.996. The molecule has 2 rings (SSSR count). The zero-order chi connectivity index (χ0) is 13.1. The molecule has 6 nitrogen and oxygen atoms in total. The molecule has 1 aromatic heterocycles. The van der Waals surface area contributed by atoms with Gasteiger partial charge >= 0.3 is 5.97 Å². The Hall–Kier alpha value is -2.28. The molecule has 7 heteroatoms. The van der Waals surface area contributed by atoms with Gasteiger partial charge in [-0.15, -0.1) is 0 Å². The van der Waals surface area contributed by atoms with Crippen LogP contribution in [0.1, 0.15) is 21.7 Å². The van der Waals surface area contributed by atoms with Crippen LogP contribution in [0.5, 0.6) is 0 Å². The topological polar surface area (TPSA) is 83.3 Å². The number of carboxylic acid groups (broad SMARTS) is 1. The van der Waals surface area contributed by atoms with E-state index in [1.54, 1.807) is 25.1 Å². The smallest absolute Gasteiger partial charge is 0.336 e. The van der Waals surface area contributed by atoms with Gasteiger partial charge < -0.3 is 5.11 Å². The first-order valence-corrected chi connectivity index (χ1v) is 5.51. The van der Waals surface area contributed by atoms with Gasteiger partial charge in [-0.3, -0.25) is 5.10 Å². The molecule has 0 aliphatic rings. The van der Waals surface area contributed by atoms with E-state index in [0.717, 1.165) is 0 Å². The van der Waals surface area contributed by atoms with Gasteiger partial charge in [0.1, 0.15) is 5.82 Å². The Bertz CT molecular complexity index is 672. The molecule has 0 atom stereocenters. The van der Waals surface area contributed by atoms with Crippen molar-refractivity contribution in [3.63, 3.8) is 0 Å². The highest BCUT2D eigenvalue weighted by Crippen LogP contribution is 2.06. The van der Waals surface area contributed by atoms with Gasteiger partial charge in [0.05, 0.1) is 11.8 Å². The number of nitrogens with zero attached hydrogens (tertiary/aromatic N) is 3. The number of carbonyl (C=O) groups is 1. The Morgan fingerprint density at radius 1 is 1.56 bits per heavy atom. The lowest BCUT2D eigenvalue weighted by atomic mass is 10.1. The quantitative estimate of drug-likeness (QED) is 0.653. The van der Waals surface area contributed by atoms with E-state index in [1.807, 2.05) is 0 Å². The lowest BCUT2D eigenvalue weighted by Gasteiger charge is -1.99. The molecule has 1 aromatic carbocycles. The number of H-pyrrole nitrogens is 1. The van der Waals surface area contributed by atoms with Crippen LogP contribution in [0, 0.1) is 11.7 Å². The summed E-state index contributed by atoms with van der Waals surface area (Å²) in [7, 11) is 0. The third-order valence-electron chi connectivity index (χ3n) is 2.32. The number of carboxylic acids is 1. The summed E-state index contributed by atoms with van der Waals surface area (Å²) in [6.45, 7) is 1.74. The molecule has 0 unspecified atom stereocenters. The van der Waals surface area contributed by atoms with Gasteiger partial charge in [0.2, 0.25) is 4.77 Å². The Labute approximate surface area is 108 Å². The number of aromatic nitrogens is 3. The van der Waals surface area contributed by atoms with E-state index in [-0.39, 0.29) is 5.56 Å². The van der Waals surface area contributed by atoms with Gasteiger partial charge in [0, 0.05) is 5.56 Å². The van der Waals surface area contributed by atoms with Crippen LogP contribution in [-0.2, 0) is 0 Å². The van der Waals surface area contributed by atoms with E-state index in [0.29, 0.717) is 16.2 Å². The molecule has 0 saturated carbocycles. The first kappa shape index (κ1) is 12.2. The largest absolute Gasteiger partial charge is 0.478 e. The fourth-order valence-electron chi connectivity index (χ4n) is 1.43. The summed E-state index contributed by atoms with van der Waals surface area (Å²) in [5.74, 6) is -0.395. The van der Waals surface area contributed by atoms with E-state index in [9.17, 15) is 4.79 Å². The fourth-order valence-corrected chi connectivity index (χ4v) is 1.66. The van der Waals surface area contributed by atoms with Gasteiger partial charge in [0.25, 0.3) is 0 Å². The van der Waals surface area contributed by atoms with Crippen molar-refractivity contribution in [2.45, 2.75) is 6.92 Å². The third kappa shape index (κ3) is 2.35. The Balaban J connectivity index is 2.41. The standard InChI is InChI=1S/C11H10N4O2S/c1-7-13-14-11(18)15(7)12-6-8-4-2-3-5-9(8)10(16)17/h2-6H,1H3,(H,14,18)(H,16,17)/b12-6+. The number of hydrogen-bond donors (Lipinski definition) is 2. The molecule has 0 aliphatic heterocycles. The highest BCUT2D eigenvalue weighted by molar-refractivity contribution is 7.71. The predicted octanol–water partition coefficient (Wildman–Crippen LogP) is 1.83. The molecule has 0 radical (unpaired) electrons. The van der Waals surface area contributed by atoms with E-state index >= 15 is 0 Å². The van der Waals surface area contributed by atoms with E-state index in [4.69, 9.17) is 17.3 Å². The van der Waals surface area contributed by atoms with Gasteiger partial charge in [0.15, 0.2) is 0 Å². The summed E-state index contributed by atoms with van der Waals surface area (Å²) in [5.41, 5.74) is 0.696. The first-order chi connectivity index (χ1) is 8.59. The molecule has 92 valence electrons. The Kier molecular flexibility index (Phi) is 3.33. The molecule has 0 amide bonds. The summed E-state index contributed by atoms with van der Waals surface area (Å²) >= 11 is 4.99. The Morgan fingerprint density at radius 2 is 2.28 bits per heavy atom. The lowest BCUT2D eigenvalue weighted by molar-refractivity contribution is 0.0697. The van der Waals surface area contributed by atoms with Crippen LogP contribution in [0.15, 0.2) is 29.4 Å². The molecule has 1 heterocycles. The summed E-state index contributed by atoms with van der Waals surface area (Å²) < 4.78 is 1.78. The molecule has 18 heavy (non-hydrogen) atoms. The molecule has 2 aromatic rings. The van der Waals surface area contributed by atoms with Crippen molar-refractivity contribution in [2.24, 2.45) is 5.10 Å². The van der Waals surface area contributed by atoms with Gasteiger partial charge in [-0.1, -0.05) is 18.2 Å². The number of aromatic amines is 1. The zero-order valence-corrected chi connectivity index (χ0v) is 10.3. The summed E-state index contributed by atoms with van der Waals surface area (Å²) in [4.78, 5) is 11.0. The van der Waals surface area contributed by atoms with Crippen molar-refractivity contribution in [3.8, 4) is 0 Å².